The second-order valence-corrected chi connectivity index (χ2v) is 5.53. The summed E-state index contributed by atoms with van der Waals surface area (Å²) in [5.41, 5.74) is 0.660. The standard InChI is InChI=1S/C14H18O2/c15-13-5-2-10(3-6-13)8-14(16)9-11-1-4-12(14)7-11/h2-3,5-6,11-12,15-16H,1,4,7-9H2. The normalized spacial score (nSPS) is 36.8. The van der Waals surface area contributed by atoms with E-state index in [0.717, 1.165) is 24.3 Å². The Morgan fingerprint density at radius 1 is 1.19 bits per heavy atom. The molecule has 2 nitrogen and oxygen atoms in total. The van der Waals surface area contributed by atoms with Crippen LogP contribution in [-0.4, -0.2) is 15.8 Å². The Hall–Kier alpha value is -1.02. The average Bonchev–Trinajstić information content (AvgIpc) is 2.81. The van der Waals surface area contributed by atoms with Crippen molar-refractivity contribution < 1.29 is 10.2 Å². The summed E-state index contributed by atoms with van der Waals surface area (Å²) in [6.07, 6.45) is 5.43. The number of phenolic OH excluding ortho intramolecular Hbond substituents is 1. The predicted molar refractivity (Wildman–Crippen MR) is 62.2 cm³/mol. The van der Waals surface area contributed by atoms with Gasteiger partial charge in [0.2, 0.25) is 0 Å². The molecule has 3 atom stereocenters. The zero-order valence-corrected chi connectivity index (χ0v) is 9.39. The van der Waals surface area contributed by atoms with Gasteiger partial charge in [-0.3, -0.25) is 0 Å². The van der Waals surface area contributed by atoms with Crippen LogP contribution >= 0.6 is 0 Å². The monoisotopic (exact) mass is 218 g/mol. The van der Waals surface area contributed by atoms with E-state index < -0.39 is 5.60 Å². The Balaban J connectivity index is 1.77. The highest BCUT2D eigenvalue weighted by molar-refractivity contribution is 5.27. The molecule has 2 aliphatic carbocycles. The van der Waals surface area contributed by atoms with E-state index >= 15 is 0 Å². The average molecular weight is 218 g/mol. The van der Waals surface area contributed by atoms with Crippen molar-refractivity contribution in [3.8, 4) is 5.75 Å². The fourth-order valence-electron chi connectivity index (χ4n) is 3.60. The Morgan fingerprint density at radius 3 is 2.50 bits per heavy atom. The maximum Gasteiger partial charge on any atom is 0.115 e. The lowest BCUT2D eigenvalue weighted by Gasteiger charge is -2.32. The van der Waals surface area contributed by atoms with Crippen molar-refractivity contribution in [1.82, 2.24) is 0 Å². The summed E-state index contributed by atoms with van der Waals surface area (Å²) in [6.45, 7) is 0. The fourth-order valence-corrected chi connectivity index (χ4v) is 3.60. The molecule has 0 spiro atoms. The van der Waals surface area contributed by atoms with Crippen molar-refractivity contribution in [2.45, 2.75) is 37.7 Å². The van der Waals surface area contributed by atoms with Crippen molar-refractivity contribution in [3.05, 3.63) is 29.8 Å². The second kappa shape index (κ2) is 3.49. The summed E-state index contributed by atoms with van der Waals surface area (Å²) in [5, 5.41) is 19.9. The summed E-state index contributed by atoms with van der Waals surface area (Å²) in [6, 6.07) is 7.23. The van der Waals surface area contributed by atoms with E-state index in [4.69, 9.17) is 0 Å². The van der Waals surface area contributed by atoms with Gasteiger partial charge in [0, 0.05) is 6.42 Å². The smallest absolute Gasteiger partial charge is 0.115 e. The van der Waals surface area contributed by atoms with Crippen molar-refractivity contribution in [3.63, 3.8) is 0 Å². The highest BCUT2D eigenvalue weighted by Crippen LogP contribution is 2.51. The van der Waals surface area contributed by atoms with Crippen molar-refractivity contribution in [1.29, 1.82) is 0 Å². The number of aromatic hydroxyl groups is 1. The van der Waals surface area contributed by atoms with Gasteiger partial charge in [-0.25, -0.2) is 0 Å². The van der Waals surface area contributed by atoms with Gasteiger partial charge in [-0.15, -0.1) is 0 Å². The van der Waals surface area contributed by atoms with Crippen LogP contribution in [0.3, 0.4) is 0 Å². The molecule has 0 radical (unpaired) electrons. The molecule has 86 valence electrons. The zero-order chi connectivity index (χ0) is 11.2. The van der Waals surface area contributed by atoms with Crippen molar-refractivity contribution in [2.75, 3.05) is 0 Å². The molecular formula is C14H18O2. The van der Waals surface area contributed by atoms with Crippen molar-refractivity contribution in [2.24, 2.45) is 11.8 Å². The van der Waals surface area contributed by atoms with Crippen LogP contribution in [-0.2, 0) is 6.42 Å². The molecule has 0 saturated heterocycles. The van der Waals surface area contributed by atoms with Gasteiger partial charge in [-0.05, 0) is 55.2 Å². The highest BCUT2D eigenvalue weighted by atomic mass is 16.3. The van der Waals surface area contributed by atoms with Crippen LogP contribution in [0.4, 0.5) is 0 Å². The third kappa shape index (κ3) is 1.61. The molecule has 16 heavy (non-hydrogen) atoms. The number of phenols is 1. The van der Waals surface area contributed by atoms with E-state index in [1.165, 1.54) is 19.3 Å². The van der Waals surface area contributed by atoms with Crippen LogP contribution in [0.2, 0.25) is 0 Å². The Labute approximate surface area is 95.9 Å². The largest absolute Gasteiger partial charge is 0.508 e. The predicted octanol–water partition coefficient (Wildman–Crippen LogP) is 2.49. The van der Waals surface area contributed by atoms with Crippen LogP contribution in [0.1, 0.15) is 31.2 Å². The molecule has 3 unspecified atom stereocenters. The molecule has 0 heterocycles. The lowest BCUT2D eigenvalue weighted by Crippen LogP contribution is -2.37. The summed E-state index contributed by atoms with van der Waals surface area (Å²) >= 11 is 0. The molecule has 0 amide bonds. The quantitative estimate of drug-likeness (QED) is 0.800. The number of benzene rings is 1. The van der Waals surface area contributed by atoms with Gasteiger partial charge in [0.25, 0.3) is 0 Å². The third-order valence-corrected chi connectivity index (χ3v) is 4.39. The minimum Gasteiger partial charge on any atom is -0.508 e. The molecule has 1 aromatic carbocycles. The van der Waals surface area contributed by atoms with E-state index in [1.807, 2.05) is 12.1 Å². The molecule has 0 aromatic heterocycles. The zero-order valence-electron chi connectivity index (χ0n) is 9.39. The molecule has 2 bridgehead atoms. The summed E-state index contributed by atoms with van der Waals surface area (Å²) in [5.74, 6) is 1.56. The number of rotatable bonds is 2. The molecule has 2 heteroatoms. The summed E-state index contributed by atoms with van der Waals surface area (Å²) in [7, 11) is 0. The fraction of sp³-hybridized carbons (Fsp3) is 0.571. The molecule has 2 N–H and O–H groups in total. The number of fused-ring (bicyclic) bond motifs is 2. The Kier molecular flexibility index (Phi) is 2.21. The topological polar surface area (TPSA) is 40.5 Å². The minimum absolute atomic E-state index is 0.295. The first kappa shape index (κ1) is 10.2. The minimum atomic E-state index is -0.472. The first-order valence-corrected chi connectivity index (χ1v) is 6.16. The van der Waals surface area contributed by atoms with Gasteiger partial charge >= 0.3 is 0 Å². The van der Waals surface area contributed by atoms with Crippen LogP contribution in [0.5, 0.6) is 5.75 Å². The molecule has 2 aliphatic rings. The van der Waals surface area contributed by atoms with Gasteiger partial charge in [0.05, 0.1) is 5.60 Å². The van der Waals surface area contributed by atoms with E-state index in [9.17, 15) is 10.2 Å². The molecule has 2 fully saturated rings. The maximum absolute atomic E-state index is 10.6. The van der Waals surface area contributed by atoms with E-state index in [-0.39, 0.29) is 0 Å². The summed E-state index contributed by atoms with van der Waals surface area (Å²) < 4.78 is 0. The molecular weight excluding hydrogens is 200 g/mol. The first-order chi connectivity index (χ1) is 7.66. The van der Waals surface area contributed by atoms with Gasteiger partial charge in [-0.1, -0.05) is 12.1 Å². The van der Waals surface area contributed by atoms with E-state index in [2.05, 4.69) is 0 Å². The molecule has 2 saturated carbocycles. The number of hydrogen-bond acceptors (Lipinski definition) is 2. The Morgan fingerprint density at radius 2 is 1.94 bits per heavy atom. The lowest BCUT2D eigenvalue weighted by atomic mass is 9.80. The summed E-state index contributed by atoms with van der Waals surface area (Å²) in [4.78, 5) is 0. The maximum atomic E-state index is 10.6. The molecule has 3 rings (SSSR count). The first-order valence-electron chi connectivity index (χ1n) is 6.16. The van der Waals surface area contributed by atoms with Gasteiger partial charge in [0.15, 0.2) is 0 Å². The SMILES string of the molecule is Oc1ccc(CC2(O)CC3CCC2C3)cc1. The lowest BCUT2D eigenvalue weighted by molar-refractivity contribution is -0.0125. The third-order valence-electron chi connectivity index (χ3n) is 4.39. The second-order valence-electron chi connectivity index (χ2n) is 5.53. The van der Waals surface area contributed by atoms with Crippen LogP contribution < -0.4 is 0 Å². The number of hydrogen-bond donors (Lipinski definition) is 2. The number of aliphatic hydroxyl groups is 1. The van der Waals surface area contributed by atoms with Gasteiger partial charge in [0.1, 0.15) is 5.75 Å². The Bertz CT molecular complexity index is 384. The molecule has 0 aliphatic heterocycles. The van der Waals surface area contributed by atoms with Crippen LogP contribution in [0, 0.1) is 11.8 Å². The van der Waals surface area contributed by atoms with Crippen LogP contribution in [0.25, 0.3) is 0 Å². The van der Waals surface area contributed by atoms with E-state index in [0.29, 0.717) is 11.7 Å². The van der Waals surface area contributed by atoms with Gasteiger partial charge in [-0.2, -0.15) is 0 Å². The van der Waals surface area contributed by atoms with Gasteiger partial charge < -0.3 is 10.2 Å². The van der Waals surface area contributed by atoms with Crippen LogP contribution in [0.15, 0.2) is 24.3 Å². The van der Waals surface area contributed by atoms with E-state index in [1.54, 1.807) is 12.1 Å². The molecule has 1 aromatic rings. The van der Waals surface area contributed by atoms with Crippen molar-refractivity contribution >= 4 is 0 Å². The highest BCUT2D eigenvalue weighted by Gasteiger charge is 2.49.